The number of carbonyl (C=O) groups excluding carboxylic acids is 1. The Balaban J connectivity index is 1.62. The summed E-state index contributed by atoms with van der Waals surface area (Å²) in [5.74, 6) is 0.192. The van der Waals surface area contributed by atoms with E-state index in [2.05, 4.69) is 45.4 Å². The van der Waals surface area contributed by atoms with E-state index < -0.39 is 0 Å². The van der Waals surface area contributed by atoms with E-state index in [4.69, 9.17) is 12.2 Å². The first kappa shape index (κ1) is 19.1. The minimum atomic E-state index is -0.290. The second kappa shape index (κ2) is 8.37. The first-order valence-corrected chi connectivity index (χ1v) is 9.70. The Hall–Kier alpha value is -2.64. The maximum absolute atomic E-state index is 12.1. The fraction of sp³-hybridized carbons (Fsp3) is 0.200. The van der Waals surface area contributed by atoms with Crippen LogP contribution in [0, 0.1) is 6.92 Å². The minimum Gasteiger partial charge on any atom is -0.330 e. The van der Waals surface area contributed by atoms with Gasteiger partial charge in [0.25, 0.3) is 0 Å². The zero-order chi connectivity index (χ0) is 19.4. The van der Waals surface area contributed by atoms with Crippen molar-refractivity contribution in [2.24, 2.45) is 0 Å². The zero-order valence-corrected chi connectivity index (χ0v) is 16.9. The van der Waals surface area contributed by atoms with Crippen molar-refractivity contribution in [3.8, 4) is 0 Å². The van der Waals surface area contributed by atoms with Crippen LogP contribution in [0.4, 0.5) is 5.69 Å². The summed E-state index contributed by atoms with van der Waals surface area (Å²) in [7, 11) is 0. The fourth-order valence-electron chi connectivity index (χ4n) is 2.57. The summed E-state index contributed by atoms with van der Waals surface area (Å²) in [6.45, 7) is 6.25. The third-order valence-electron chi connectivity index (χ3n) is 4.14. The number of thiocarbonyl (C=S) groups is 1. The summed E-state index contributed by atoms with van der Waals surface area (Å²) in [5, 5.41) is 5.95. The molecule has 1 heterocycles. The molecule has 0 aliphatic rings. The Kier molecular flexibility index (Phi) is 5.93. The summed E-state index contributed by atoms with van der Waals surface area (Å²) >= 11 is 6.41. The molecule has 7 heteroatoms. The van der Waals surface area contributed by atoms with Crippen molar-refractivity contribution < 1.29 is 4.79 Å². The molecular formula is C20H20N4OS2. The van der Waals surface area contributed by atoms with Crippen LogP contribution in [-0.4, -0.2) is 19.8 Å². The van der Waals surface area contributed by atoms with Crippen molar-refractivity contribution in [3.05, 3.63) is 59.2 Å². The number of nitrogens with zero attached hydrogens (tertiary/aromatic N) is 2. The van der Waals surface area contributed by atoms with Gasteiger partial charge in [0.15, 0.2) is 5.11 Å². The second-order valence-electron chi connectivity index (χ2n) is 6.49. The third-order valence-corrected chi connectivity index (χ3v) is 4.89. The van der Waals surface area contributed by atoms with Crippen LogP contribution in [0.1, 0.15) is 36.5 Å². The summed E-state index contributed by atoms with van der Waals surface area (Å²) < 4.78 is 8.51. The molecule has 27 heavy (non-hydrogen) atoms. The molecule has 0 unspecified atom stereocenters. The molecule has 0 bridgehead atoms. The SMILES string of the molecule is Cc1ccc2nsnc2c1NC(=S)NC(=O)/C=C/c1ccc(C(C)C)cc1. The molecule has 138 valence electrons. The highest BCUT2D eigenvalue weighted by Gasteiger charge is 2.10. The molecule has 3 rings (SSSR count). The number of hydrogen-bond donors (Lipinski definition) is 2. The van der Waals surface area contributed by atoms with Crippen molar-refractivity contribution in [2.45, 2.75) is 26.7 Å². The predicted octanol–water partition coefficient (Wildman–Crippen LogP) is 4.65. The van der Waals surface area contributed by atoms with E-state index >= 15 is 0 Å². The van der Waals surface area contributed by atoms with Gasteiger partial charge in [-0.1, -0.05) is 44.2 Å². The number of fused-ring (bicyclic) bond motifs is 1. The Bertz CT molecular complexity index is 1010. The molecule has 0 aliphatic carbocycles. The van der Waals surface area contributed by atoms with Crippen LogP contribution in [0.2, 0.25) is 0 Å². The lowest BCUT2D eigenvalue weighted by atomic mass is 10.0. The Morgan fingerprint density at radius 2 is 1.89 bits per heavy atom. The number of amides is 1. The van der Waals surface area contributed by atoms with Crippen molar-refractivity contribution in [2.75, 3.05) is 5.32 Å². The minimum absolute atomic E-state index is 0.225. The van der Waals surface area contributed by atoms with Gasteiger partial charge in [0.05, 0.1) is 17.4 Å². The van der Waals surface area contributed by atoms with Crippen LogP contribution >= 0.6 is 23.9 Å². The molecule has 2 N–H and O–H groups in total. The molecule has 2 aromatic carbocycles. The quantitative estimate of drug-likeness (QED) is 0.496. The fourth-order valence-corrected chi connectivity index (χ4v) is 3.32. The number of anilines is 1. The van der Waals surface area contributed by atoms with E-state index in [0.717, 1.165) is 39.6 Å². The van der Waals surface area contributed by atoms with Crippen LogP contribution in [0.5, 0.6) is 0 Å². The number of carbonyl (C=O) groups is 1. The Labute approximate surface area is 167 Å². The Morgan fingerprint density at radius 1 is 1.15 bits per heavy atom. The molecule has 3 aromatic rings. The van der Waals surface area contributed by atoms with Crippen LogP contribution < -0.4 is 10.6 Å². The number of nitrogens with one attached hydrogen (secondary N) is 2. The highest BCUT2D eigenvalue weighted by molar-refractivity contribution is 7.80. The van der Waals surface area contributed by atoms with Gasteiger partial charge in [0.2, 0.25) is 5.91 Å². The summed E-state index contributed by atoms with van der Waals surface area (Å²) in [5.41, 5.74) is 5.52. The molecule has 0 fully saturated rings. The molecular weight excluding hydrogens is 376 g/mol. The van der Waals surface area contributed by atoms with E-state index in [1.807, 2.05) is 31.2 Å². The largest absolute Gasteiger partial charge is 0.330 e. The maximum Gasteiger partial charge on any atom is 0.250 e. The lowest BCUT2D eigenvalue weighted by molar-refractivity contribution is -0.115. The standard InChI is InChI=1S/C20H20N4OS2/c1-12(2)15-8-5-14(6-9-15)7-11-17(25)21-20(26)22-18-13(3)4-10-16-19(18)24-27-23-16/h4-12H,1-3H3,(H2,21,22,25,26)/b11-7+. The molecule has 0 atom stereocenters. The van der Waals surface area contributed by atoms with Gasteiger partial charge < -0.3 is 5.32 Å². The molecule has 5 nitrogen and oxygen atoms in total. The first-order valence-electron chi connectivity index (χ1n) is 8.56. The number of aromatic nitrogens is 2. The summed E-state index contributed by atoms with van der Waals surface area (Å²) in [6, 6.07) is 12.0. The van der Waals surface area contributed by atoms with Gasteiger partial charge in [-0.15, -0.1) is 0 Å². The van der Waals surface area contributed by atoms with E-state index in [1.165, 1.54) is 11.6 Å². The van der Waals surface area contributed by atoms with Crippen molar-refractivity contribution in [1.29, 1.82) is 0 Å². The third kappa shape index (κ3) is 4.75. The van der Waals surface area contributed by atoms with Gasteiger partial charge in [0, 0.05) is 6.08 Å². The molecule has 0 aliphatic heterocycles. The summed E-state index contributed by atoms with van der Waals surface area (Å²) in [6.07, 6.45) is 3.23. The van der Waals surface area contributed by atoms with Crippen molar-refractivity contribution >= 4 is 57.8 Å². The zero-order valence-electron chi connectivity index (χ0n) is 15.3. The van der Waals surface area contributed by atoms with Gasteiger partial charge in [-0.3, -0.25) is 10.1 Å². The number of rotatable bonds is 4. The topological polar surface area (TPSA) is 66.9 Å². The van der Waals surface area contributed by atoms with Crippen LogP contribution in [0.25, 0.3) is 17.1 Å². The van der Waals surface area contributed by atoms with Gasteiger partial charge >= 0.3 is 0 Å². The van der Waals surface area contributed by atoms with Gasteiger partial charge in [-0.05, 0) is 53.9 Å². The van der Waals surface area contributed by atoms with Crippen molar-refractivity contribution in [3.63, 3.8) is 0 Å². The van der Waals surface area contributed by atoms with Crippen LogP contribution in [0.3, 0.4) is 0 Å². The average Bonchev–Trinajstić information content (AvgIpc) is 3.11. The normalized spacial score (nSPS) is 11.3. The van der Waals surface area contributed by atoms with Gasteiger partial charge in [-0.2, -0.15) is 8.75 Å². The Morgan fingerprint density at radius 3 is 2.59 bits per heavy atom. The lowest BCUT2D eigenvalue weighted by Gasteiger charge is -2.11. The van der Waals surface area contributed by atoms with E-state index in [9.17, 15) is 4.79 Å². The second-order valence-corrected chi connectivity index (χ2v) is 7.42. The van der Waals surface area contributed by atoms with Gasteiger partial charge in [-0.25, -0.2) is 0 Å². The summed E-state index contributed by atoms with van der Waals surface area (Å²) in [4.78, 5) is 12.1. The molecule has 0 saturated heterocycles. The molecule has 0 radical (unpaired) electrons. The molecule has 0 saturated carbocycles. The molecule has 1 amide bonds. The van der Waals surface area contributed by atoms with Gasteiger partial charge in [0.1, 0.15) is 11.0 Å². The first-order chi connectivity index (χ1) is 12.9. The van der Waals surface area contributed by atoms with E-state index in [1.54, 1.807) is 6.08 Å². The number of benzene rings is 2. The van der Waals surface area contributed by atoms with Crippen LogP contribution in [0.15, 0.2) is 42.5 Å². The van der Waals surface area contributed by atoms with E-state index in [-0.39, 0.29) is 11.0 Å². The monoisotopic (exact) mass is 396 g/mol. The molecule has 1 aromatic heterocycles. The predicted molar refractivity (Wildman–Crippen MR) is 116 cm³/mol. The maximum atomic E-state index is 12.1. The highest BCUT2D eigenvalue weighted by atomic mass is 32.1. The lowest BCUT2D eigenvalue weighted by Crippen LogP contribution is -2.33. The smallest absolute Gasteiger partial charge is 0.250 e. The average molecular weight is 397 g/mol. The van der Waals surface area contributed by atoms with Crippen molar-refractivity contribution in [1.82, 2.24) is 14.1 Å². The number of hydrogen-bond acceptors (Lipinski definition) is 5. The van der Waals surface area contributed by atoms with E-state index in [0.29, 0.717) is 5.92 Å². The van der Waals surface area contributed by atoms with Crippen LogP contribution in [-0.2, 0) is 4.79 Å². The number of aryl methyl sites for hydroxylation is 1. The highest BCUT2D eigenvalue weighted by Crippen LogP contribution is 2.25. The molecule has 0 spiro atoms.